The Bertz CT molecular complexity index is 500. The van der Waals surface area contributed by atoms with Crippen molar-refractivity contribution in [3.05, 3.63) is 39.4 Å². The predicted octanol–water partition coefficient (Wildman–Crippen LogP) is 2.08. The summed E-state index contributed by atoms with van der Waals surface area (Å²) in [7, 11) is 0. The van der Waals surface area contributed by atoms with E-state index in [9.17, 15) is 14.9 Å². The number of Topliss-reactive ketones (excluding diaryl/α,β-unsaturated/α-hetero) is 1. The maximum atomic E-state index is 11.1. The molecule has 1 aromatic rings. The second-order valence-electron chi connectivity index (χ2n) is 3.01. The quantitative estimate of drug-likeness (QED) is 0.281. The average molecular weight is 235 g/mol. The van der Waals surface area contributed by atoms with Crippen LogP contribution < -0.4 is 0 Å². The number of carbonyl (C=O) groups excluding carboxylic acids is 1. The third-order valence-electron chi connectivity index (χ3n) is 1.90. The highest BCUT2D eigenvalue weighted by Crippen LogP contribution is 2.19. The minimum absolute atomic E-state index is 0.151. The Morgan fingerprint density at radius 3 is 2.75 bits per heavy atom. The van der Waals surface area contributed by atoms with Gasteiger partial charge in [-0.25, -0.2) is 0 Å². The number of thiol groups is 1. The van der Waals surface area contributed by atoms with Gasteiger partial charge in [0.05, 0.1) is 10.7 Å². The summed E-state index contributed by atoms with van der Waals surface area (Å²) in [6, 6.07) is 4.24. The summed E-state index contributed by atoms with van der Waals surface area (Å²) >= 11 is 3.89. The van der Waals surface area contributed by atoms with Crippen LogP contribution in [0, 0.1) is 22.0 Å². The van der Waals surface area contributed by atoms with Crippen LogP contribution in [0.25, 0.3) is 0 Å². The number of benzene rings is 1. The Labute approximate surface area is 98.2 Å². The Balaban J connectivity index is 3.30. The Morgan fingerprint density at radius 1 is 1.56 bits per heavy atom. The molecule has 0 saturated heterocycles. The third kappa shape index (κ3) is 2.84. The van der Waals surface area contributed by atoms with Crippen LogP contribution in [0.1, 0.15) is 22.8 Å². The van der Waals surface area contributed by atoms with Crippen molar-refractivity contribution in [2.24, 2.45) is 0 Å². The molecule has 0 aliphatic carbocycles. The molecular weight excluding hydrogens is 226 g/mol. The van der Waals surface area contributed by atoms with Gasteiger partial charge in [0.1, 0.15) is 5.56 Å². The van der Waals surface area contributed by atoms with Crippen molar-refractivity contribution >= 4 is 24.1 Å². The molecule has 16 heavy (non-hydrogen) atoms. The minimum atomic E-state index is -0.547. The van der Waals surface area contributed by atoms with E-state index in [1.54, 1.807) is 0 Å². The summed E-state index contributed by atoms with van der Waals surface area (Å²) in [6.07, 6.45) is 0. The van der Waals surface area contributed by atoms with Gasteiger partial charge in [-0.05, 0) is 19.1 Å². The lowest BCUT2D eigenvalue weighted by atomic mass is 10.1. The molecule has 0 atom stereocenters. The van der Waals surface area contributed by atoms with E-state index in [0.29, 0.717) is 16.9 Å². The maximum absolute atomic E-state index is 11.1. The fraction of sp³-hybridized carbons (Fsp3) is 0.182. The number of nitro groups is 1. The molecule has 0 spiro atoms. The number of hydrogen-bond donors (Lipinski definition) is 1. The van der Waals surface area contributed by atoms with Crippen LogP contribution in [-0.2, 0) is 0 Å². The van der Waals surface area contributed by atoms with Gasteiger partial charge in [0.2, 0.25) is 0 Å². The van der Waals surface area contributed by atoms with E-state index < -0.39 is 4.92 Å². The van der Waals surface area contributed by atoms with Crippen LogP contribution in [0.3, 0.4) is 0 Å². The summed E-state index contributed by atoms with van der Waals surface area (Å²) in [6.45, 7) is 1.36. The lowest BCUT2D eigenvalue weighted by Gasteiger charge is -1.98. The fourth-order valence-electron chi connectivity index (χ4n) is 1.14. The molecule has 0 amide bonds. The van der Waals surface area contributed by atoms with Crippen LogP contribution in [0.15, 0.2) is 18.2 Å². The number of ketones is 1. The number of nitro benzene ring substituents is 1. The van der Waals surface area contributed by atoms with E-state index in [1.165, 1.54) is 25.1 Å². The highest BCUT2D eigenvalue weighted by atomic mass is 32.1. The molecule has 0 unspecified atom stereocenters. The van der Waals surface area contributed by atoms with E-state index >= 15 is 0 Å². The summed E-state index contributed by atoms with van der Waals surface area (Å²) in [5, 5.41) is 10.8. The first kappa shape index (κ1) is 12.3. The SMILES string of the molecule is CC(=O)c1ccc(C#CCS)c([N+](=O)[O-])c1. The molecule has 0 heterocycles. The number of hydrogen-bond acceptors (Lipinski definition) is 4. The molecule has 0 aliphatic rings. The van der Waals surface area contributed by atoms with E-state index in [-0.39, 0.29) is 11.5 Å². The lowest BCUT2D eigenvalue weighted by molar-refractivity contribution is -0.385. The first-order valence-corrected chi connectivity index (χ1v) is 5.08. The predicted molar refractivity (Wildman–Crippen MR) is 63.8 cm³/mol. The molecule has 0 N–H and O–H groups in total. The molecular formula is C11H9NO3S. The monoisotopic (exact) mass is 235 g/mol. The van der Waals surface area contributed by atoms with Crippen molar-refractivity contribution in [2.75, 3.05) is 5.75 Å². The van der Waals surface area contributed by atoms with Gasteiger partial charge >= 0.3 is 0 Å². The van der Waals surface area contributed by atoms with Crippen LogP contribution in [0.4, 0.5) is 5.69 Å². The smallest absolute Gasteiger partial charge is 0.285 e. The zero-order valence-corrected chi connectivity index (χ0v) is 9.45. The van der Waals surface area contributed by atoms with Gasteiger partial charge < -0.3 is 0 Å². The molecule has 4 nitrogen and oxygen atoms in total. The van der Waals surface area contributed by atoms with E-state index in [2.05, 4.69) is 24.5 Å². The minimum Gasteiger partial charge on any atom is -0.295 e. The number of nitrogens with zero attached hydrogens (tertiary/aromatic N) is 1. The summed E-state index contributed by atoms with van der Waals surface area (Å²) < 4.78 is 0. The van der Waals surface area contributed by atoms with Gasteiger partial charge in [-0.2, -0.15) is 12.6 Å². The van der Waals surface area contributed by atoms with Gasteiger partial charge in [-0.1, -0.05) is 11.8 Å². The third-order valence-corrected chi connectivity index (χ3v) is 2.06. The van der Waals surface area contributed by atoms with Gasteiger partial charge in [-0.3, -0.25) is 14.9 Å². The van der Waals surface area contributed by atoms with Crippen LogP contribution in [-0.4, -0.2) is 16.5 Å². The van der Waals surface area contributed by atoms with Crippen LogP contribution >= 0.6 is 12.6 Å². The summed E-state index contributed by atoms with van der Waals surface area (Å²) in [5.74, 6) is 5.38. The van der Waals surface area contributed by atoms with Gasteiger partial charge in [-0.15, -0.1) is 0 Å². The standard InChI is InChI=1S/C11H9NO3S/c1-8(13)10-5-4-9(3-2-6-16)11(7-10)12(14)15/h4-5,7,16H,6H2,1H3. The van der Waals surface area contributed by atoms with Crippen LogP contribution in [0.5, 0.6) is 0 Å². The molecule has 0 aliphatic heterocycles. The number of carbonyl (C=O) groups is 1. The molecule has 82 valence electrons. The summed E-state index contributed by atoms with van der Waals surface area (Å²) in [4.78, 5) is 21.3. The van der Waals surface area contributed by atoms with Gasteiger partial charge in [0.25, 0.3) is 5.69 Å². The first-order valence-electron chi connectivity index (χ1n) is 4.45. The van der Waals surface area contributed by atoms with E-state index in [1.807, 2.05) is 0 Å². The average Bonchev–Trinajstić information content (AvgIpc) is 2.25. The van der Waals surface area contributed by atoms with Crippen molar-refractivity contribution in [2.45, 2.75) is 6.92 Å². The molecule has 0 fully saturated rings. The maximum Gasteiger partial charge on any atom is 0.285 e. The Hall–Kier alpha value is -1.80. The molecule has 0 saturated carbocycles. The zero-order chi connectivity index (χ0) is 12.1. The second-order valence-corrected chi connectivity index (χ2v) is 3.32. The van der Waals surface area contributed by atoms with Crippen LogP contribution in [0.2, 0.25) is 0 Å². The van der Waals surface area contributed by atoms with Crippen molar-refractivity contribution in [1.29, 1.82) is 0 Å². The molecule has 1 aromatic carbocycles. The molecule has 0 bridgehead atoms. The molecule has 1 rings (SSSR count). The second kappa shape index (κ2) is 5.33. The van der Waals surface area contributed by atoms with Crippen molar-refractivity contribution in [1.82, 2.24) is 0 Å². The van der Waals surface area contributed by atoms with Crippen molar-refractivity contribution < 1.29 is 9.72 Å². The highest BCUT2D eigenvalue weighted by Gasteiger charge is 2.14. The normalized spacial score (nSPS) is 9.12. The summed E-state index contributed by atoms with van der Waals surface area (Å²) in [5.41, 5.74) is 0.453. The molecule has 5 heteroatoms. The van der Waals surface area contributed by atoms with Crippen molar-refractivity contribution in [3.63, 3.8) is 0 Å². The fourth-order valence-corrected chi connectivity index (χ4v) is 1.22. The Morgan fingerprint density at radius 2 is 2.25 bits per heavy atom. The highest BCUT2D eigenvalue weighted by molar-refractivity contribution is 7.80. The van der Waals surface area contributed by atoms with E-state index in [0.717, 1.165) is 0 Å². The largest absolute Gasteiger partial charge is 0.295 e. The first-order chi connectivity index (χ1) is 7.56. The topological polar surface area (TPSA) is 60.2 Å². The lowest BCUT2D eigenvalue weighted by Crippen LogP contribution is -1.97. The van der Waals surface area contributed by atoms with E-state index in [4.69, 9.17) is 0 Å². The molecule has 0 radical (unpaired) electrons. The number of rotatable bonds is 2. The van der Waals surface area contributed by atoms with Crippen molar-refractivity contribution in [3.8, 4) is 11.8 Å². The zero-order valence-electron chi connectivity index (χ0n) is 8.56. The molecule has 0 aromatic heterocycles. The van der Waals surface area contributed by atoms with Gasteiger partial charge in [0.15, 0.2) is 5.78 Å². The Kier molecular flexibility index (Phi) is 4.09. The van der Waals surface area contributed by atoms with Gasteiger partial charge in [0, 0.05) is 11.6 Å².